The highest BCUT2D eigenvalue weighted by molar-refractivity contribution is 7.71. The first-order chi connectivity index (χ1) is 15.8. The maximum absolute atomic E-state index is 11.5. The summed E-state index contributed by atoms with van der Waals surface area (Å²) in [6.45, 7) is 1.45. The number of nitrogens with one attached hydrogen (secondary N) is 2. The fraction of sp³-hybridized carbons (Fsp3) is 0.261. The lowest BCUT2D eigenvalue weighted by atomic mass is 10.0. The van der Waals surface area contributed by atoms with E-state index in [1.165, 1.54) is 18.3 Å². The quantitative estimate of drug-likeness (QED) is 0.186. The molecular weight excluding hydrogens is 460 g/mol. The normalized spacial score (nSPS) is 11.8. The molecule has 0 aliphatic heterocycles. The van der Waals surface area contributed by atoms with Crippen LogP contribution in [0, 0.1) is 0 Å². The molecule has 0 saturated heterocycles. The summed E-state index contributed by atoms with van der Waals surface area (Å²) in [5, 5.41) is 6.22. The van der Waals surface area contributed by atoms with Gasteiger partial charge in [-0.3, -0.25) is 9.59 Å². The van der Waals surface area contributed by atoms with Crippen molar-refractivity contribution < 1.29 is 18.0 Å². The molecule has 1 amide bonds. The van der Waals surface area contributed by atoms with Gasteiger partial charge >= 0.3 is 0 Å². The van der Waals surface area contributed by atoms with E-state index in [-0.39, 0.29) is 11.7 Å². The molecule has 4 N–H and O–H groups in total. The van der Waals surface area contributed by atoms with Gasteiger partial charge in [-0.1, -0.05) is 36.4 Å². The highest BCUT2D eigenvalue weighted by Gasteiger charge is 2.13. The van der Waals surface area contributed by atoms with Crippen molar-refractivity contribution >= 4 is 45.1 Å². The number of thiol groups is 1. The number of aromatic nitrogens is 1. The van der Waals surface area contributed by atoms with Crippen molar-refractivity contribution in [1.82, 2.24) is 4.98 Å². The smallest absolute Gasteiger partial charge is 0.223 e. The zero-order valence-corrected chi connectivity index (χ0v) is 19.8. The standard InChI is InChI=1S/C23H26N4O4S2/c1-15(29)25-23-27-20(11-8-16-6-9-19(10-7-16)26-22(24)13-28)21(32-23)12-17-2-4-18(5-3-17)14-33(30)31/h2-7,9-10,13,22,26,33H,8,11-12,14,24H2,1H3,(H,25,27,29). The molecule has 10 heteroatoms. The Morgan fingerprint density at radius 3 is 2.30 bits per heavy atom. The van der Waals surface area contributed by atoms with E-state index in [1.54, 1.807) is 0 Å². The SMILES string of the molecule is CC(=O)Nc1nc(CCc2ccc(NC(N)C=O)cc2)c(Cc2ccc(C[SH](=O)=O)cc2)s1. The summed E-state index contributed by atoms with van der Waals surface area (Å²) in [6.07, 6.45) is 2.00. The molecule has 1 unspecified atom stereocenters. The maximum atomic E-state index is 11.5. The molecule has 174 valence electrons. The van der Waals surface area contributed by atoms with Crippen molar-refractivity contribution in [1.29, 1.82) is 0 Å². The van der Waals surface area contributed by atoms with Crippen LogP contribution in [0.5, 0.6) is 0 Å². The minimum absolute atomic E-state index is 0.0312. The van der Waals surface area contributed by atoms with E-state index < -0.39 is 16.9 Å². The third-order valence-corrected chi connectivity index (χ3v) is 6.48. The first-order valence-corrected chi connectivity index (χ1v) is 12.5. The van der Waals surface area contributed by atoms with E-state index in [4.69, 9.17) is 5.73 Å². The van der Waals surface area contributed by atoms with Gasteiger partial charge in [0.25, 0.3) is 0 Å². The average molecular weight is 487 g/mol. The van der Waals surface area contributed by atoms with Crippen LogP contribution in [0.15, 0.2) is 48.5 Å². The van der Waals surface area contributed by atoms with Crippen LogP contribution >= 0.6 is 11.3 Å². The van der Waals surface area contributed by atoms with Gasteiger partial charge in [0, 0.05) is 23.9 Å². The van der Waals surface area contributed by atoms with Crippen LogP contribution in [0.3, 0.4) is 0 Å². The van der Waals surface area contributed by atoms with Gasteiger partial charge in [-0.15, -0.1) is 11.3 Å². The van der Waals surface area contributed by atoms with E-state index in [1.807, 2.05) is 48.5 Å². The molecule has 0 aliphatic carbocycles. The number of aryl methyl sites for hydroxylation is 2. The highest BCUT2D eigenvalue weighted by Crippen LogP contribution is 2.27. The number of carbonyl (C=O) groups excluding carboxylic acids is 2. The molecule has 0 saturated carbocycles. The molecule has 0 spiro atoms. The van der Waals surface area contributed by atoms with Crippen LogP contribution in [0.4, 0.5) is 10.8 Å². The van der Waals surface area contributed by atoms with Crippen LogP contribution in [-0.2, 0) is 45.3 Å². The molecule has 0 radical (unpaired) electrons. The van der Waals surface area contributed by atoms with Crippen LogP contribution < -0.4 is 16.4 Å². The molecule has 0 fully saturated rings. The minimum atomic E-state index is -2.45. The summed E-state index contributed by atoms with van der Waals surface area (Å²) >= 11 is 1.45. The summed E-state index contributed by atoms with van der Waals surface area (Å²) in [5.41, 5.74) is 10.2. The Kier molecular flexibility index (Phi) is 8.70. The second kappa shape index (κ2) is 11.7. The Morgan fingerprint density at radius 2 is 1.70 bits per heavy atom. The van der Waals surface area contributed by atoms with Crippen molar-refractivity contribution in [3.05, 3.63) is 75.8 Å². The molecule has 1 heterocycles. The molecule has 3 aromatic rings. The largest absolute Gasteiger partial charge is 0.364 e. The van der Waals surface area contributed by atoms with E-state index in [0.717, 1.165) is 39.4 Å². The maximum Gasteiger partial charge on any atom is 0.223 e. The molecule has 0 bridgehead atoms. The molecule has 33 heavy (non-hydrogen) atoms. The van der Waals surface area contributed by atoms with Gasteiger partial charge in [-0.2, -0.15) is 0 Å². The molecule has 3 rings (SSSR count). The number of nitrogens with two attached hydrogens (primary N) is 1. The summed E-state index contributed by atoms with van der Waals surface area (Å²) in [7, 11) is -2.45. The average Bonchev–Trinajstić information content (AvgIpc) is 3.14. The number of rotatable bonds is 11. The van der Waals surface area contributed by atoms with E-state index >= 15 is 0 Å². The highest BCUT2D eigenvalue weighted by atomic mass is 32.2. The van der Waals surface area contributed by atoms with Gasteiger partial charge in [-0.25, -0.2) is 13.4 Å². The van der Waals surface area contributed by atoms with Crippen LogP contribution in [-0.4, -0.2) is 31.8 Å². The lowest BCUT2D eigenvalue weighted by molar-refractivity contribution is -0.114. The van der Waals surface area contributed by atoms with Gasteiger partial charge in [0.2, 0.25) is 5.91 Å². The Labute approximate surface area is 198 Å². The monoisotopic (exact) mass is 486 g/mol. The summed E-state index contributed by atoms with van der Waals surface area (Å²) in [5.74, 6) is -0.140. The van der Waals surface area contributed by atoms with Crippen molar-refractivity contribution in [3.8, 4) is 0 Å². The number of nitrogens with zero attached hydrogens (tertiary/aromatic N) is 1. The topological polar surface area (TPSA) is 131 Å². The predicted molar refractivity (Wildman–Crippen MR) is 131 cm³/mol. The number of amides is 1. The van der Waals surface area contributed by atoms with E-state index in [9.17, 15) is 18.0 Å². The first-order valence-electron chi connectivity index (χ1n) is 10.3. The summed E-state index contributed by atoms with van der Waals surface area (Å²) < 4.78 is 21.8. The van der Waals surface area contributed by atoms with E-state index in [0.29, 0.717) is 24.3 Å². The van der Waals surface area contributed by atoms with E-state index in [2.05, 4.69) is 15.6 Å². The Morgan fingerprint density at radius 1 is 1.06 bits per heavy atom. The Hall–Kier alpha value is -3.08. The van der Waals surface area contributed by atoms with Gasteiger partial charge < -0.3 is 16.4 Å². The second-order valence-corrected chi connectivity index (χ2v) is 9.62. The molecule has 0 aliphatic rings. The van der Waals surface area contributed by atoms with Crippen LogP contribution in [0.1, 0.15) is 34.2 Å². The number of anilines is 2. The molecular formula is C23H26N4O4S2. The number of hydrogen-bond donors (Lipinski definition) is 4. The third-order valence-electron chi connectivity index (χ3n) is 4.84. The fourth-order valence-electron chi connectivity index (χ4n) is 3.27. The number of carbonyl (C=O) groups is 2. The van der Waals surface area contributed by atoms with Crippen LogP contribution in [0.25, 0.3) is 0 Å². The molecule has 1 aromatic heterocycles. The molecule has 1 atom stereocenters. The number of thiazole rings is 1. The Balaban J connectivity index is 1.72. The second-order valence-electron chi connectivity index (χ2n) is 7.56. The zero-order chi connectivity index (χ0) is 23.8. The minimum Gasteiger partial charge on any atom is -0.364 e. The van der Waals surface area contributed by atoms with Crippen molar-refractivity contribution in [2.75, 3.05) is 10.6 Å². The Bertz CT molecular complexity index is 1160. The zero-order valence-electron chi connectivity index (χ0n) is 18.1. The lowest BCUT2D eigenvalue weighted by Gasteiger charge is -2.09. The van der Waals surface area contributed by atoms with Crippen LogP contribution in [0.2, 0.25) is 0 Å². The van der Waals surface area contributed by atoms with Crippen molar-refractivity contribution in [2.24, 2.45) is 5.73 Å². The van der Waals surface area contributed by atoms with Gasteiger partial charge in [-0.05, 0) is 41.7 Å². The van der Waals surface area contributed by atoms with Gasteiger partial charge in [0.15, 0.2) is 11.4 Å². The van der Waals surface area contributed by atoms with Gasteiger partial charge in [0.05, 0.1) is 11.4 Å². The summed E-state index contributed by atoms with van der Waals surface area (Å²) in [4.78, 5) is 27.9. The molecule has 8 nitrogen and oxygen atoms in total. The lowest BCUT2D eigenvalue weighted by Crippen LogP contribution is -2.30. The predicted octanol–water partition coefficient (Wildman–Crippen LogP) is 2.48. The number of benzene rings is 2. The van der Waals surface area contributed by atoms with Gasteiger partial charge in [0.1, 0.15) is 16.9 Å². The number of hydrogen-bond acceptors (Lipinski definition) is 8. The molecule has 2 aromatic carbocycles. The third kappa shape index (κ3) is 7.77. The fourth-order valence-corrected chi connectivity index (χ4v) is 4.87. The summed E-state index contributed by atoms with van der Waals surface area (Å²) in [6, 6.07) is 15.2. The van der Waals surface area contributed by atoms with Crippen molar-refractivity contribution in [2.45, 2.75) is 38.1 Å². The van der Waals surface area contributed by atoms with Crippen molar-refractivity contribution in [3.63, 3.8) is 0 Å². The first kappa shape index (κ1) is 24.6. The number of aldehydes is 1.